The smallest absolute Gasteiger partial charge is 0.0978 e. The molecule has 0 radical (unpaired) electrons. The Morgan fingerprint density at radius 3 is 2.14 bits per heavy atom. The summed E-state index contributed by atoms with van der Waals surface area (Å²) in [6.45, 7) is 6.01. The van der Waals surface area contributed by atoms with E-state index in [4.69, 9.17) is 4.74 Å². The summed E-state index contributed by atoms with van der Waals surface area (Å²) in [5, 5.41) is 0. The van der Waals surface area contributed by atoms with Gasteiger partial charge in [-0.1, -0.05) is 31.9 Å². The molecule has 2 saturated carbocycles. The molecule has 21 heavy (non-hydrogen) atoms. The van der Waals surface area contributed by atoms with Gasteiger partial charge in [0.15, 0.2) is 0 Å². The SMILES string of the molecule is C=CCC[C@H]1CC[C@H]([C@H]2CC[C@H](OC=CCC)CC2)CC1. The van der Waals surface area contributed by atoms with Crippen LogP contribution in [-0.4, -0.2) is 6.10 Å². The predicted molar refractivity (Wildman–Crippen MR) is 91.1 cm³/mol. The summed E-state index contributed by atoms with van der Waals surface area (Å²) in [5.41, 5.74) is 0. The van der Waals surface area contributed by atoms with Crippen LogP contribution >= 0.6 is 0 Å². The lowest BCUT2D eigenvalue weighted by Gasteiger charge is -2.37. The molecule has 1 nitrogen and oxygen atoms in total. The maximum Gasteiger partial charge on any atom is 0.0978 e. The van der Waals surface area contributed by atoms with Crippen molar-refractivity contribution in [3.63, 3.8) is 0 Å². The second-order valence-corrected chi connectivity index (χ2v) is 7.10. The van der Waals surface area contributed by atoms with Gasteiger partial charge in [0.1, 0.15) is 0 Å². The van der Waals surface area contributed by atoms with Gasteiger partial charge in [-0.2, -0.15) is 0 Å². The van der Waals surface area contributed by atoms with E-state index in [-0.39, 0.29) is 0 Å². The molecule has 0 heterocycles. The molecule has 0 aliphatic heterocycles. The van der Waals surface area contributed by atoms with Crippen LogP contribution < -0.4 is 0 Å². The van der Waals surface area contributed by atoms with Crippen molar-refractivity contribution in [3.05, 3.63) is 25.0 Å². The Labute approximate surface area is 131 Å². The molecule has 0 aromatic heterocycles. The van der Waals surface area contributed by atoms with E-state index in [0.717, 1.165) is 24.2 Å². The molecule has 2 fully saturated rings. The third kappa shape index (κ3) is 5.52. The Kier molecular flexibility index (Phi) is 7.39. The summed E-state index contributed by atoms with van der Waals surface area (Å²) in [7, 11) is 0. The Hall–Kier alpha value is -0.720. The molecule has 0 unspecified atom stereocenters. The van der Waals surface area contributed by atoms with Crippen LogP contribution in [0.2, 0.25) is 0 Å². The molecule has 0 saturated heterocycles. The van der Waals surface area contributed by atoms with Crippen LogP contribution in [0, 0.1) is 17.8 Å². The lowest BCUT2D eigenvalue weighted by atomic mass is 9.70. The first kappa shape index (κ1) is 16.6. The summed E-state index contributed by atoms with van der Waals surface area (Å²) in [5.74, 6) is 2.98. The van der Waals surface area contributed by atoms with E-state index in [1.807, 2.05) is 6.26 Å². The highest BCUT2D eigenvalue weighted by molar-refractivity contribution is 4.84. The Balaban J connectivity index is 1.64. The molecule has 2 rings (SSSR count). The highest BCUT2D eigenvalue weighted by Crippen LogP contribution is 2.41. The Bertz CT molecular complexity index is 304. The van der Waals surface area contributed by atoms with Crippen molar-refractivity contribution >= 4 is 0 Å². The first-order chi connectivity index (χ1) is 10.3. The fourth-order valence-corrected chi connectivity index (χ4v) is 4.26. The molecule has 0 N–H and O–H groups in total. The predicted octanol–water partition coefficient (Wildman–Crippen LogP) is 6.26. The van der Waals surface area contributed by atoms with Crippen LogP contribution in [0.25, 0.3) is 0 Å². The van der Waals surface area contributed by atoms with E-state index in [1.54, 1.807) is 0 Å². The molecular weight excluding hydrogens is 256 g/mol. The zero-order valence-corrected chi connectivity index (χ0v) is 13.9. The van der Waals surface area contributed by atoms with Crippen LogP contribution in [0.4, 0.5) is 0 Å². The van der Waals surface area contributed by atoms with Crippen molar-refractivity contribution < 1.29 is 4.74 Å². The molecule has 120 valence electrons. The molecular formula is C20H34O. The first-order valence-electron chi connectivity index (χ1n) is 9.24. The average Bonchev–Trinajstić information content (AvgIpc) is 2.54. The zero-order valence-electron chi connectivity index (χ0n) is 13.9. The number of hydrogen-bond acceptors (Lipinski definition) is 1. The second-order valence-electron chi connectivity index (χ2n) is 7.10. The van der Waals surface area contributed by atoms with Crippen molar-refractivity contribution in [2.45, 2.75) is 83.7 Å². The standard InChI is InChI=1S/C20H34O/c1-3-5-7-17-8-10-18(11-9-17)19-12-14-20(15-13-19)21-16-6-4-2/h3,6,16-20H,1,4-5,7-15H2,2H3/t17-,18-,19-,20-. The van der Waals surface area contributed by atoms with E-state index in [9.17, 15) is 0 Å². The van der Waals surface area contributed by atoms with Gasteiger partial charge in [0.2, 0.25) is 0 Å². The van der Waals surface area contributed by atoms with Gasteiger partial charge in [0, 0.05) is 0 Å². The third-order valence-electron chi connectivity index (χ3n) is 5.66. The summed E-state index contributed by atoms with van der Waals surface area (Å²) in [4.78, 5) is 0. The largest absolute Gasteiger partial charge is 0.498 e. The van der Waals surface area contributed by atoms with Crippen LogP contribution in [0.5, 0.6) is 0 Å². The number of hydrogen-bond donors (Lipinski definition) is 0. The van der Waals surface area contributed by atoms with Crippen LogP contribution in [-0.2, 0) is 4.74 Å². The second kappa shape index (κ2) is 9.33. The summed E-state index contributed by atoms with van der Waals surface area (Å²) < 4.78 is 5.83. The van der Waals surface area contributed by atoms with E-state index in [0.29, 0.717) is 6.10 Å². The van der Waals surface area contributed by atoms with Crippen molar-refractivity contribution in [3.8, 4) is 0 Å². The molecule has 0 spiro atoms. The third-order valence-corrected chi connectivity index (χ3v) is 5.66. The molecule has 2 aliphatic carbocycles. The maximum absolute atomic E-state index is 5.83. The number of allylic oxidation sites excluding steroid dienone is 2. The van der Waals surface area contributed by atoms with E-state index in [2.05, 4.69) is 25.7 Å². The number of rotatable bonds is 7. The minimum Gasteiger partial charge on any atom is -0.498 e. The fraction of sp³-hybridized carbons (Fsp3) is 0.800. The monoisotopic (exact) mass is 290 g/mol. The molecule has 0 aromatic rings. The summed E-state index contributed by atoms with van der Waals surface area (Å²) in [6, 6.07) is 0. The van der Waals surface area contributed by atoms with Crippen molar-refractivity contribution in [1.82, 2.24) is 0 Å². The summed E-state index contributed by atoms with van der Waals surface area (Å²) in [6.07, 6.45) is 21.5. The molecule has 0 bridgehead atoms. The van der Waals surface area contributed by atoms with Crippen LogP contribution in [0.15, 0.2) is 25.0 Å². The van der Waals surface area contributed by atoms with E-state index in [1.165, 1.54) is 64.2 Å². The molecule has 0 amide bonds. The normalized spacial score (nSPS) is 34.0. The highest BCUT2D eigenvalue weighted by Gasteiger charge is 2.30. The van der Waals surface area contributed by atoms with Gasteiger partial charge in [-0.15, -0.1) is 6.58 Å². The van der Waals surface area contributed by atoms with Crippen molar-refractivity contribution in [1.29, 1.82) is 0 Å². The fourth-order valence-electron chi connectivity index (χ4n) is 4.26. The Morgan fingerprint density at radius 1 is 0.952 bits per heavy atom. The maximum atomic E-state index is 5.83. The first-order valence-corrected chi connectivity index (χ1v) is 9.24. The van der Waals surface area contributed by atoms with Gasteiger partial charge < -0.3 is 4.74 Å². The van der Waals surface area contributed by atoms with Crippen molar-refractivity contribution in [2.24, 2.45) is 17.8 Å². The Morgan fingerprint density at radius 2 is 1.57 bits per heavy atom. The zero-order chi connectivity index (χ0) is 14.9. The minimum atomic E-state index is 0.494. The minimum absolute atomic E-state index is 0.494. The molecule has 2 aliphatic rings. The lowest BCUT2D eigenvalue weighted by Crippen LogP contribution is -2.28. The lowest BCUT2D eigenvalue weighted by molar-refractivity contribution is 0.0629. The number of ether oxygens (including phenoxy) is 1. The van der Waals surface area contributed by atoms with Gasteiger partial charge in [0.25, 0.3) is 0 Å². The molecule has 0 atom stereocenters. The summed E-state index contributed by atoms with van der Waals surface area (Å²) >= 11 is 0. The van der Waals surface area contributed by atoms with Gasteiger partial charge in [0.05, 0.1) is 12.4 Å². The molecule has 1 heteroatoms. The van der Waals surface area contributed by atoms with Crippen molar-refractivity contribution in [2.75, 3.05) is 0 Å². The topological polar surface area (TPSA) is 9.23 Å². The van der Waals surface area contributed by atoms with Crippen LogP contribution in [0.3, 0.4) is 0 Å². The molecule has 0 aromatic carbocycles. The van der Waals surface area contributed by atoms with Crippen LogP contribution in [0.1, 0.15) is 77.6 Å². The average molecular weight is 290 g/mol. The van der Waals surface area contributed by atoms with Gasteiger partial charge in [-0.05, 0) is 75.5 Å². The van der Waals surface area contributed by atoms with Gasteiger partial charge in [-0.25, -0.2) is 0 Å². The quantitative estimate of drug-likeness (QED) is 0.397. The van der Waals surface area contributed by atoms with Gasteiger partial charge >= 0.3 is 0 Å². The van der Waals surface area contributed by atoms with E-state index < -0.39 is 0 Å². The highest BCUT2D eigenvalue weighted by atomic mass is 16.5. The van der Waals surface area contributed by atoms with Gasteiger partial charge in [-0.3, -0.25) is 0 Å². The van der Waals surface area contributed by atoms with E-state index >= 15 is 0 Å².